The Morgan fingerprint density at radius 1 is 1.00 bits per heavy atom. The molecule has 0 atom stereocenters. The fraction of sp³-hybridized carbons (Fsp3) is 0.267. The van der Waals surface area contributed by atoms with Crippen LogP contribution in [0.5, 0.6) is 0 Å². The first-order chi connectivity index (χ1) is 18.1. The summed E-state index contributed by atoms with van der Waals surface area (Å²) in [6, 6.07) is 24.3. The number of pyridine rings is 1. The maximum Gasteiger partial charge on any atom is 0.231 e. The fourth-order valence-electron chi connectivity index (χ4n) is 5.03. The van der Waals surface area contributed by atoms with Crippen molar-refractivity contribution in [3.63, 3.8) is 0 Å². The lowest BCUT2D eigenvalue weighted by Gasteiger charge is -2.37. The van der Waals surface area contributed by atoms with E-state index in [0.717, 1.165) is 53.9 Å². The van der Waals surface area contributed by atoms with Crippen molar-refractivity contribution in [3.05, 3.63) is 96.4 Å². The Bertz CT molecular complexity index is 1360. The highest BCUT2D eigenvalue weighted by molar-refractivity contribution is 5.95. The molecule has 1 N–H and O–H groups in total. The molecule has 0 aliphatic heterocycles. The molecule has 5 rings (SSSR count). The van der Waals surface area contributed by atoms with Crippen molar-refractivity contribution in [1.29, 1.82) is 5.26 Å². The minimum absolute atomic E-state index is 0.116. The number of carbonyl (C=O) groups is 1. The van der Waals surface area contributed by atoms with Gasteiger partial charge in [0, 0.05) is 42.8 Å². The molecule has 1 amide bonds. The third-order valence-electron chi connectivity index (χ3n) is 6.96. The molecule has 1 fully saturated rings. The molecule has 0 unspecified atom stereocenters. The normalized spacial score (nSPS) is 17.1. The van der Waals surface area contributed by atoms with Crippen LogP contribution in [0.2, 0.25) is 0 Å². The van der Waals surface area contributed by atoms with Crippen molar-refractivity contribution < 1.29 is 4.79 Å². The predicted octanol–water partition coefficient (Wildman–Crippen LogP) is 5.35. The first kappa shape index (κ1) is 24.3. The summed E-state index contributed by atoms with van der Waals surface area (Å²) in [7, 11) is 1.91. The molecule has 186 valence electrons. The SMILES string of the molecule is Cn1cc(-c2ccc(N(C(=O)Cc3ccccc3)C3CCC(Nc4ccc(C#N)cn4)CC3)cc2)cn1. The number of rotatable bonds is 7. The number of carbonyl (C=O) groups excluding carboxylic acids is 1. The summed E-state index contributed by atoms with van der Waals surface area (Å²) in [5.74, 6) is 0.899. The Hall–Kier alpha value is -4.44. The second kappa shape index (κ2) is 11.1. The van der Waals surface area contributed by atoms with Gasteiger partial charge in [-0.15, -0.1) is 0 Å². The van der Waals surface area contributed by atoms with Crippen LogP contribution in [0.25, 0.3) is 11.1 Å². The van der Waals surface area contributed by atoms with Crippen molar-refractivity contribution in [2.45, 2.75) is 44.2 Å². The lowest BCUT2D eigenvalue weighted by molar-refractivity contribution is -0.118. The van der Waals surface area contributed by atoms with Gasteiger partial charge in [-0.2, -0.15) is 10.4 Å². The number of anilines is 2. The van der Waals surface area contributed by atoms with E-state index in [1.165, 1.54) is 0 Å². The summed E-state index contributed by atoms with van der Waals surface area (Å²) in [4.78, 5) is 20.0. The number of hydrogen-bond donors (Lipinski definition) is 1. The van der Waals surface area contributed by atoms with E-state index < -0.39 is 0 Å². The monoisotopic (exact) mass is 490 g/mol. The van der Waals surface area contributed by atoms with E-state index in [1.807, 2.05) is 60.7 Å². The van der Waals surface area contributed by atoms with Gasteiger partial charge in [0.25, 0.3) is 0 Å². The lowest BCUT2D eigenvalue weighted by Crippen LogP contribution is -2.45. The number of hydrogen-bond acceptors (Lipinski definition) is 5. The highest BCUT2D eigenvalue weighted by atomic mass is 16.2. The summed E-state index contributed by atoms with van der Waals surface area (Å²) in [5, 5.41) is 16.8. The zero-order valence-electron chi connectivity index (χ0n) is 20.9. The van der Waals surface area contributed by atoms with Gasteiger partial charge in [0.1, 0.15) is 11.9 Å². The van der Waals surface area contributed by atoms with Crippen molar-refractivity contribution in [2.75, 3.05) is 10.2 Å². The third kappa shape index (κ3) is 5.87. The van der Waals surface area contributed by atoms with E-state index in [9.17, 15) is 4.79 Å². The summed E-state index contributed by atoms with van der Waals surface area (Å²) >= 11 is 0. The van der Waals surface area contributed by atoms with Gasteiger partial charge in [0.2, 0.25) is 5.91 Å². The van der Waals surface area contributed by atoms with E-state index in [1.54, 1.807) is 16.9 Å². The van der Waals surface area contributed by atoms with Gasteiger partial charge in [-0.25, -0.2) is 4.98 Å². The predicted molar refractivity (Wildman–Crippen MR) is 145 cm³/mol. The average Bonchev–Trinajstić information content (AvgIpc) is 3.37. The van der Waals surface area contributed by atoms with Gasteiger partial charge in [0.15, 0.2) is 0 Å². The van der Waals surface area contributed by atoms with E-state index >= 15 is 0 Å². The molecule has 1 saturated carbocycles. The largest absolute Gasteiger partial charge is 0.367 e. The molecule has 37 heavy (non-hydrogen) atoms. The number of aromatic nitrogens is 3. The van der Waals surface area contributed by atoms with E-state index in [4.69, 9.17) is 5.26 Å². The van der Waals surface area contributed by atoms with Crippen LogP contribution in [0.4, 0.5) is 11.5 Å². The Morgan fingerprint density at radius 2 is 1.76 bits per heavy atom. The average molecular weight is 491 g/mol. The van der Waals surface area contributed by atoms with Crippen molar-refractivity contribution >= 4 is 17.4 Å². The zero-order valence-corrected chi connectivity index (χ0v) is 20.9. The van der Waals surface area contributed by atoms with Crippen LogP contribution in [-0.4, -0.2) is 32.8 Å². The van der Waals surface area contributed by atoms with Gasteiger partial charge in [-0.3, -0.25) is 9.48 Å². The molecule has 0 saturated heterocycles. The van der Waals surface area contributed by atoms with Crippen LogP contribution in [0.3, 0.4) is 0 Å². The fourth-order valence-corrected chi connectivity index (χ4v) is 5.03. The molecule has 2 heterocycles. The Labute approximate surface area is 217 Å². The molecule has 0 bridgehead atoms. The summed E-state index contributed by atoms with van der Waals surface area (Å²) < 4.78 is 1.79. The standard InChI is InChI=1S/C30H30N6O/c1-35-21-25(20-33-35)24-8-12-27(13-9-24)36(30(37)17-22-5-3-2-4-6-22)28-14-10-26(11-15-28)34-29-16-7-23(18-31)19-32-29/h2-9,12-13,16,19-21,26,28H,10-11,14-15,17H2,1H3,(H,32,34). The molecular formula is C30H30N6O. The minimum Gasteiger partial charge on any atom is -0.367 e. The number of nitrogens with zero attached hydrogens (tertiary/aromatic N) is 5. The summed E-state index contributed by atoms with van der Waals surface area (Å²) in [6.07, 6.45) is 9.49. The van der Waals surface area contributed by atoms with Crippen molar-refractivity contribution in [1.82, 2.24) is 14.8 Å². The number of nitriles is 1. The second-order valence-corrected chi connectivity index (χ2v) is 9.57. The first-order valence-electron chi connectivity index (χ1n) is 12.7. The molecule has 1 aliphatic rings. The van der Waals surface area contributed by atoms with Crippen LogP contribution in [0.15, 0.2) is 85.3 Å². The minimum atomic E-state index is 0.116. The Balaban J connectivity index is 1.32. The van der Waals surface area contributed by atoms with Gasteiger partial charge in [-0.05, 0) is 61.1 Å². The van der Waals surface area contributed by atoms with Gasteiger partial charge >= 0.3 is 0 Å². The van der Waals surface area contributed by atoms with E-state index in [0.29, 0.717) is 12.0 Å². The molecule has 7 heteroatoms. The molecule has 4 aromatic rings. The second-order valence-electron chi connectivity index (χ2n) is 9.57. The summed E-state index contributed by atoms with van der Waals surface area (Å²) in [6.45, 7) is 0. The molecule has 0 radical (unpaired) electrons. The van der Waals surface area contributed by atoms with Gasteiger partial charge in [0.05, 0.1) is 18.2 Å². The molecule has 2 aromatic carbocycles. The third-order valence-corrected chi connectivity index (χ3v) is 6.96. The van der Waals surface area contributed by atoms with Crippen LogP contribution in [0.1, 0.15) is 36.8 Å². The molecule has 7 nitrogen and oxygen atoms in total. The van der Waals surface area contributed by atoms with E-state index in [-0.39, 0.29) is 18.0 Å². The number of aryl methyl sites for hydroxylation is 1. The molecule has 2 aromatic heterocycles. The molecule has 1 aliphatic carbocycles. The van der Waals surface area contributed by atoms with Crippen molar-refractivity contribution in [3.8, 4) is 17.2 Å². The maximum atomic E-state index is 13.7. The van der Waals surface area contributed by atoms with Crippen LogP contribution in [0, 0.1) is 11.3 Å². The van der Waals surface area contributed by atoms with Crippen LogP contribution >= 0.6 is 0 Å². The Kier molecular flexibility index (Phi) is 7.27. The summed E-state index contributed by atoms with van der Waals surface area (Å²) in [5.41, 5.74) is 4.64. The smallest absolute Gasteiger partial charge is 0.231 e. The number of nitrogens with one attached hydrogen (secondary N) is 1. The topological polar surface area (TPSA) is 86.8 Å². The van der Waals surface area contributed by atoms with Crippen LogP contribution in [-0.2, 0) is 18.3 Å². The number of amides is 1. The lowest BCUT2D eigenvalue weighted by atomic mass is 9.89. The zero-order chi connectivity index (χ0) is 25.6. The quantitative estimate of drug-likeness (QED) is 0.377. The molecule has 0 spiro atoms. The Morgan fingerprint density at radius 3 is 2.38 bits per heavy atom. The van der Waals surface area contributed by atoms with Gasteiger partial charge < -0.3 is 10.2 Å². The van der Waals surface area contributed by atoms with Gasteiger partial charge in [-0.1, -0.05) is 42.5 Å². The highest BCUT2D eigenvalue weighted by Gasteiger charge is 2.30. The van der Waals surface area contributed by atoms with E-state index in [2.05, 4.69) is 45.7 Å². The van der Waals surface area contributed by atoms with Crippen molar-refractivity contribution in [2.24, 2.45) is 7.05 Å². The first-order valence-corrected chi connectivity index (χ1v) is 12.7. The van der Waals surface area contributed by atoms with Crippen LogP contribution < -0.4 is 10.2 Å². The molecular weight excluding hydrogens is 460 g/mol. The number of benzene rings is 2. The highest BCUT2D eigenvalue weighted by Crippen LogP contribution is 2.31. The maximum absolute atomic E-state index is 13.7.